The minimum Gasteiger partial charge on any atom is -0.494 e. The summed E-state index contributed by atoms with van der Waals surface area (Å²) < 4.78 is 12.8. The van der Waals surface area contributed by atoms with Crippen LogP contribution in [0.15, 0.2) is 36.4 Å². The second-order valence-electron chi connectivity index (χ2n) is 8.61. The molecule has 1 amide bonds. The minimum atomic E-state index is -0.423. The Balaban J connectivity index is 1.48. The quantitative estimate of drug-likeness (QED) is 0.233. The molecule has 36 heavy (non-hydrogen) atoms. The van der Waals surface area contributed by atoms with Gasteiger partial charge in [0.2, 0.25) is 0 Å². The second-order valence-corrected chi connectivity index (χ2v) is 10.7. The van der Waals surface area contributed by atoms with Crippen LogP contribution in [-0.2, 0) is 4.74 Å². The first-order valence-electron chi connectivity index (χ1n) is 11.7. The Hall–Kier alpha value is -3.12. The molecule has 11 heteroatoms. The maximum absolute atomic E-state index is 13.8. The van der Waals surface area contributed by atoms with Crippen LogP contribution < -0.4 is 9.64 Å². The van der Waals surface area contributed by atoms with Crippen molar-refractivity contribution in [3.63, 3.8) is 0 Å². The monoisotopic (exact) mass is 526 g/mol. The number of carbonyl (C=O) groups is 1. The number of amides is 1. The van der Waals surface area contributed by atoms with E-state index in [0.29, 0.717) is 27.7 Å². The number of rotatable bonds is 8. The Morgan fingerprint density at radius 3 is 2.78 bits per heavy atom. The largest absolute Gasteiger partial charge is 0.494 e. The molecule has 1 saturated heterocycles. The van der Waals surface area contributed by atoms with E-state index in [0.717, 1.165) is 59.7 Å². The first-order valence-corrected chi connectivity index (χ1v) is 13.3. The minimum absolute atomic E-state index is 0.00964. The highest BCUT2D eigenvalue weighted by Crippen LogP contribution is 2.38. The molecule has 0 atom stereocenters. The molecule has 0 unspecified atom stereocenters. The van der Waals surface area contributed by atoms with E-state index in [1.807, 2.05) is 19.1 Å². The van der Waals surface area contributed by atoms with E-state index in [1.54, 1.807) is 24.1 Å². The number of hydrogen-bond donors (Lipinski definition) is 0. The van der Waals surface area contributed by atoms with E-state index in [1.165, 1.54) is 34.8 Å². The zero-order valence-electron chi connectivity index (χ0n) is 20.1. The summed E-state index contributed by atoms with van der Waals surface area (Å²) >= 11 is 2.82. The van der Waals surface area contributed by atoms with Crippen molar-refractivity contribution >= 4 is 59.7 Å². The van der Waals surface area contributed by atoms with Crippen molar-refractivity contribution in [1.82, 2.24) is 9.88 Å². The summed E-state index contributed by atoms with van der Waals surface area (Å²) in [6.07, 6.45) is 0.786. The molecular formula is C25H26N4O5S2. The van der Waals surface area contributed by atoms with Crippen molar-refractivity contribution in [2.45, 2.75) is 13.3 Å². The Kier molecular flexibility index (Phi) is 7.15. The van der Waals surface area contributed by atoms with E-state index >= 15 is 0 Å². The number of non-ortho nitro benzene ring substituents is 1. The molecule has 188 valence electrons. The molecule has 1 aliphatic heterocycles. The molecule has 0 radical (unpaired) electrons. The maximum atomic E-state index is 13.8. The number of aryl methyl sites for hydroxylation is 1. The number of benzene rings is 2. The number of carbonyl (C=O) groups excluding carboxylic acids is 1. The zero-order chi connectivity index (χ0) is 25.2. The number of nitrogens with zero attached hydrogens (tertiary/aromatic N) is 4. The fraction of sp³-hybridized carbons (Fsp3) is 0.360. The fourth-order valence-electron chi connectivity index (χ4n) is 4.32. The van der Waals surface area contributed by atoms with Crippen LogP contribution in [0.25, 0.3) is 20.3 Å². The molecule has 0 spiro atoms. The molecule has 3 heterocycles. The number of hydrogen-bond acceptors (Lipinski definition) is 9. The number of anilines is 1. The highest BCUT2D eigenvalue weighted by atomic mass is 32.1. The van der Waals surface area contributed by atoms with Crippen LogP contribution in [0.3, 0.4) is 0 Å². The van der Waals surface area contributed by atoms with Gasteiger partial charge in [-0.3, -0.25) is 24.7 Å². The number of thiazole rings is 1. The summed E-state index contributed by atoms with van der Waals surface area (Å²) in [5, 5.41) is 12.5. The highest BCUT2D eigenvalue weighted by Gasteiger charge is 2.25. The summed E-state index contributed by atoms with van der Waals surface area (Å²) in [4.78, 5) is 34.0. The zero-order valence-corrected chi connectivity index (χ0v) is 21.7. The summed E-state index contributed by atoms with van der Waals surface area (Å²) in [5.41, 5.74) is 1.83. The SMILES string of the molecule is COc1ccc(C)c2sc(N(CCCN3CCOCC3)C(=O)c3cc4cc([N+](=O)[O-])ccc4s3)nc12. The highest BCUT2D eigenvalue weighted by molar-refractivity contribution is 7.23. The van der Waals surface area contributed by atoms with Crippen LogP contribution in [0, 0.1) is 17.0 Å². The standard InChI is InChI=1S/C25H26N4O5S2/c1-16-4-6-19(33-2)22-23(16)36-25(26-22)28(9-3-8-27-10-12-34-13-11-27)24(30)21-15-17-14-18(29(31)32)5-7-20(17)35-21/h4-7,14-15H,3,8-13H2,1-2H3. The molecule has 0 N–H and O–H groups in total. The predicted molar refractivity (Wildman–Crippen MR) is 143 cm³/mol. The third-order valence-corrected chi connectivity index (χ3v) is 8.59. The number of ether oxygens (including phenoxy) is 2. The van der Waals surface area contributed by atoms with E-state index < -0.39 is 4.92 Å². The number of methoxy groups -OCH3 is 1. The smallest absolute Gasteiger partial charge is 0.270 e. The van der Waals surface area contributed by atoms with Gasteiger partial charge in [-0.2, -0.15) is 0 Å². The van der Waals surface area contributed by atoms with Crippen molar-refractivity contribution in [3.8, 4) is 5.75 Å². The molecule has 9 nitrogen and oxygen atoms in total. The number of nitro benzene ring substituents is 1. The molecule has 1 fully saturated rings. The molecule has 0 bridgehead atoms. The molecule has 0 aliphatic carbocycles. The van der Waals surface area contributed by atoms with Gasteiger partial charge in [0.15, 0.2) is 5.13 Å². The Labute approximate surface area is 216 Å². The van der Waals surface area contributed by atoms with Gasteiger partial charge in [-0.15, -0.1) is 11.3 Å². The average molecular weight is 527 g/mol. The fourth-order valence-corrected chi connectivity index (χ4v) is 6.39. The van der Waals surface area contributed by atoms with Crippen LogP contribution in [0.5, 0.6) is 5.75 Å². The molecule has 5 rings (SSSR count). The number of nitro groups is 1. The van der Waals surface area contributed by atoms with Gasteiger partial charge in [0.25, 0.3) is 11.6 Å². The third kappa shape index (κ3) is 4.92. The van der Waals surface area contributed by atoms with Crippen molar-refractivity contribution in [1.29, 1.82) is 0 Å². The van der Waals surface area contributed by atoms with Gasteiger partial charge in [-0.25, -0.2) is 4.98 Å². The van der Waals surface area contributed by atoms with Crippen molar-refractivity contribution in [2.75, 3.05) is 51.4 Å². The maximum Gasteiger partial charge on any atom is 0.270 e. The van der Waals surface area contributed by atoms with Crippen LogP contribution in [-0.4, -0.2) is 67.2 Å². The van der Waals surface area contributed by atoms with Crippen molar-refractivity contribution in [2.24, 2.45) is 0 Å². The molecule has 0 saturated carbocycles. The Morgan fingerprint density at radius 1 is 1.22 bits per heavy atom. The summed E-state index contributed by atoms with van der Waals surface area (Å²) in [6, 6.07) is 10.3. The van der Waals surface area contributed by atoms with Gasteiger partial charge in [0.05, 0.1) is 34.8 Å². The molecule has 2 aromatic heterocycles. The normalized spacial score (nSPS) is 14.4. The lowest BCUT2D eigenvalue weighted by Crippen LogP contribution is -2.39. The summed E-state index contributed by atoms with van der Waals surface area (Å²) in [6.45, 7) is 6.63. The first kappa shape index (κ1) is 24.6. The van der Waals surface area contributed by atoms with Crippen LogP contribution >= 0.6 is 22.7 Å². The number of morpholine rings is 1. The van der Waals surface area contributed by atoms with Gasteiger partial charge in [-0.1, -0.05) is 17.4 Å². The van der Waals surface area contributed by atoms with Crippen molar-refractivity contribution in [3.05, 3.63) is 57.0 Å². The average Bonchev–Trinajstić information content (AvgIpc) is 3.52. The van der Waals surface area contributed by atoms with E-state index in [-0.39, 0.29) is 11.6 Å². The molecule has 2 aromatic carbocycles. The van der Waals surface area contributed by atoms with E-state index in [2.05, 4.69) is 4.90 Å². The number of aromatic nitrogens is 1. The van der Waals surface area contributed by atoms with E-state index in [9.17, 15) is 14.9 Å². The topological polar surface area (TPSA) is 98.0 Å². The lowest BCUT2D eigenvalue weighted by atomic mass is 10.2. The first-order chi connectivity index (χ1) is 17.4. The van der Waals surface area contributed by atoms with Gasteiger partial charge >= 0.3 is 0 Å². The Bertz CT molecular complexity index is 1430. The van der Waals surface area contributed by atoms with Gasteiger partial charge in [-0.05, 0) is 37.1 Å². The Morgan fingerprint density at radius 2 is 2.03 bits per heavy atom. The van der Waals surface area contributed by atoms with E-state index in [4.69, 9.17) is 14.5 Å². The molecule has 4 aromatic rings. The van der Waals surface area contributed by atoms with Gasteiger partial charge in [0.1, 0.15) is 11.3 Å². The predicted octanol–water partition coefficient (Wildman–Crippen LogP) is 5.11. The number of thiophene rings is 1. The summed E-state index contributed by atoms with van der Waals surface area (Å²) in [5.74, 6) is 0.518. The van der Waals surface area contributed by atoms with Crippen LogP contribution in [0.2, 0.25) is 0 Å². The molecule has 1 aliphatic rings. The van der Waals surface area contributed by atoms with Gasteiger partial charge < -0.3 is 9.47 Å². The lowest BCUT2D eigenvalue weighted by Gasteiger charge is -2.27. The van der Waals surface area contributed by atoms with Gasteiger partial charge in [0, 0.05) is 48.4 Å². The van der Waals surface area contributed by atoms with Crippen LogP contribution in [0.1, 0.15) is 21.7 Å². The molecular weight excluding hydrogens is 500 g/mol. The summed E-state index contributed by atoms with van der Waals surface area (Å²) in [7, 11) is 1.62. The third-order valence-electron chi connectivity index (χ3n) is 6.27. The van der Waals surface area contributed by atoms with Crippen molar-refractivity contribution < 1.29 is 19.2 Å². The second kappa shape index (κ2) is 10.5. The van der Waals surface area contributed by atoms with Crippen LogP contribution in [0.4, 0.5) is 10.8 Å². The number of fused-ring (bicyclic) bond motifs is 2. The lowest BCUT2D eigenvalue weighted by molar-refractivity contribution is -0.384.